The molecule has 128 valence electrons. The number of aromatic nitrogens is 1. The molecule has 4 N–H and O–H groups in total. The number of ketones is 1. The van der Waals surface area contributed by atoms with Crippen LogP contribution >= 0.6 is 27.7 Å². The van der Waals surface area contributed by atoms with Gasteiger partial charge in [-0.3, -0.25) is 4.79 Å². The predicted molar refractivity (Wildman–Crippen MR) is 99.3 cm³/mol. The molecule has 1 unspecified atom stereocenters. The summed E-state index contributed by atoms with van der Waals surface area (Å²) in [7, 11) is 0. The molecule has 25 heavy (non-hydrogen) atoms. The van der Waals surface area contributed by atoms with Crippen molar-refractivity contribution >= 4 is 33.5 Å². The molecule has 0 saturated carbocycles. The van der Waals surface area contributed by atoms with Gasteiger partial charge in [0.05, 0.1) is 22.8 Å². The Kier molecular flexibility index (Phi) is 2.79. The number of carbonyl (C=O) groups excluding carboxylic acids is 1. The van der Waals surface area contributed by atoms with E-state index in [1.807, 2.05) is 12.3 Å². The molecule has 0 amide bonds. The quantitative estimate of drug-likeness (QED) is 0.520. The fraction of sp³-hybridized carbons (Fsp3) is 0.389. The second-order valence-corrected chi connectivity index (χ2v) is 9.45. The Bertz CT molecular complexity index is 946. The summed E-state index contributed by atoms with van der Waals surface area (Å²) in [6, 6.07) is 0.0417. The van der Waals surface area contributed by atoms with Crippen LogP contribution in [-0.2, 0) is 6.42 Å². The highest BCUT2D eigenvalue weighted by Crippen LogP contribution is 2.64. The number of aliphatic hydroxyl groups excluding tert-OH is 1. The number of thioether (sulfide) groups is 1. The summed E-state index contributed by atoms with van der Waals surface area (Å²) in [4.78, 5) is 17.6. The Morgan fingerprint density at radius 2 is 2.28 bits per heavy atom. The number of rotatable bonds is 0. The van der Waals surface area contributed by atoms with Crippen LogP contribution in [0, 0.1) is 5.41 Å². The number of hydrogen-bond acceptors (Lipinski definition) is 5. The molecule has 4 heterocycles. The minimum Gasteiger partial charge on any atom is -0.384 e. The summed E-state index contributed by atoms with van der Waals surface area (Å²) >= 11 is 5.28. The lowest BCUT2D eigenvalue weighted by Crippen LogP contribution is -2.47. The van der Waals surface area contributed by atoms with E-state index in [9.17, 15) is 9.90 Å². The van der Waals surface area contributed by atoms with Crippen LogP contribution in [0.5, 0.6) is 0 Å². The molecule has 2 bridgehead atoms. The second kappa shape index (κ2) is 4.71. The summed E-state index contributed by atoms with van der Waals surface area (Å²) in [6.07, 6.45) is 7.31. The van der Waals surface area contributed by atoms with Crippen LogP contribution in [0.1, 0.15) is 34.1 Å². The molecule has 1 aromatic rings. The Balaban J connectivity index is 1.64. The van der Waals surface area contributed by atoms with E-state index >= 15 is 0 Å². The molecule has 6 rings (SSSR count). The third-order valence-electron chi connectivity index (χ3n) is 6.03. The smallest absolute Gasteiger partial charge is 0.225 e. The molecular formula is C18H16BrN3O2S. The van der Waals surface area contributed by atoms with Crippen LogP contribution in [0.15, 0.2) is 39.0 Å². The maximum atomic E-state index is 13.2. The van der Waals surface area contributed by atoms with Crippen LogP contribution in [0.3, 0.4) is 0 Å². The first-order valence-corrected chi connectivity index (χ1v) is 10.2. The normalized spacial score (nSPS) is 37.7. The zero-order valence-corrected chi connectivity index (χ0v) is 15.6. The molecule has 3 aliphatic heterocycles. The molecule has 1 saturated heterocycles. The van der Waals surface area contributed by atoms with Crippen LogP contribution in [0.25, 0.3) is 0 Å². The fourth-order valence-electron chi connectivity index (χ4n) is 5.03. The molecule has 1 fully saturated rings. The number of Topliss-reactive ketones (excluding diaryl/α,β-unsaturated/α-hetero) is 1. The fourth-order valence-corrected chi connectivity index (χ4v) is 7.05. The topological polar surface area (TPSA) is 77.2 Å². The molecule has 0 aromatic carbocycles. The van der Waals surface area contributed by atoms with Gasteiger partial charge in [-0.25, -0.2) is 0 Å². The molecule has 1 spiro atoms. The summed E-state index contributed by atoms with van der Waals surface area (Å²) in [5, 5.41) is 17.6. The van der Waals surface area contributed by atoms with Crippen molar-refractivity contribution in [2.45, 2.75) is 30.4 Å². The van der Waals surface area contributed by atoms with Gasteiger partial charge in [0, 0.05) is 33.1 Å². The van der Waals surface area contributed by atoms with Crippen LogP contribution in [-0.4, -0.2) is 33.9 Å². The Morgan fingerprint density at radius 3 is 3.16 bits per heavy atom. The zero-order valence-electron chi connectivity index (χ0n) is 13.2. The SMILES string of the molecule is O=C1C2=C(C3NCCc4c[nH]c1c43)[C@@]13C=C(Br)[C@@H](O)C=C1S[C@H](C3)N2. The van der Waals surface area contributed by atoms with Gasteiger partial charge >= 0.3 is 0 Å². The highest BCUT2D eigenvalue weighted by Gasteiger charge is 2.57. The van der Waals surface area contributed by atoms with Crippen molar-refractivity contribution in [1.29, 1.82) is 0 Å². The van der Waals surface area contributed by atoms with Crippen molar-refractivity contribution in [3.05, 3.63) is 55.8 Å². The number of carbonyl (C=O) groups is 1. The van der Waals surface area contributed by atoms with E-state index in [0.29, 0.717) is 0 Å². The van der Waals surface area contributed by atoms with Crippen molar-refractivity contribution in [2.24, 2.45) is 5.41 Å². The van der Waals surface area contributed by atoms with E-state index < -0.39 is 6.10 Å². The molecule has 2 aliphatic carbocycles. The number of allylic oxidation sites excluding steroid dienone is 3. The average molecular weight is 418 g/mol. The summed E-state index contributed by atoms with van der Waals surface area (Å²) < 4.78 is 0.787. The Hall–Kier alpha value is -1.28. The van der Waals surface area contributed by atoms with E-state index in [1.54, 1.807) is 11.8 Å². The van der Waals surface area contributed by atoms with Gasteiger partial charge in [0.15, 0.2) is 0 Å². The second-order valence-electron chi connectivity index (χ2n) is 7.29. The van der Waals surface area contributed by atoms with Gasteiger partial charge in [0.2, 0.25) is 5.78 Å². The van der Waals surface area contributed by atoms with Gasteiger partial charge in [-0.15, -0.1) is 11.8 Å². The van der Waals surface area contributed by atoms with E-state index in [4.69, 9.17) is 0 Å². The van der Waals surface area contributed by atoms with Crippen LogP contribution in [0.2, 0.25) is 0 Å². The third kappa shape index (κ3) is 1.70. The van der Waals surface area contributed by atoms with E-state index in [1.165, 1.54) is 5.56 Å². The predicted octanol–water partition coefficient (Wildman–Crippen LogP) is 2.24. The lowest BCUT2D eigenvalue weighted by Gasteiger charge is -2.44. The Morgan fingerprint density at radius 1 is 1.40 bits per heavy atom. The Labute approximate surface area is 157 Å². The third-order valence-corrected chi connectivity index (χ3v) is 8.05. The van der Waals surface area contributed by atoms with Crippen LogP contribution < -0.4 is 10.6 Å². The lowest BCUT2D eigenvalue weighted by molar-refractivity contribution is 0.100. The van der Waals surface area contributed by atoms with Crippen molar-refractivity contribution in [3.63, 3.8) is 0 Å². The molecule has 7 heteroatoms. The number of H-pyrrole nitrogens is 1. The van der Waals surface area contributed by atoms with Gasteiger partial charge in [-0.1, -0.05) is 22.0 Å². The molecular weight excluding hydrogens is 402 g/mol. The maximum absolute atomic E-state index is 13.2. The zero-order chi connectivity index (χ0) is 16.9. The number of aliphatic hydroxyl groups is 1. The summed E-state index contributed by atoms with van der Waals surface area (Å²) in [6.45, 7) is 0.902. The van der Waals surface area contributed by atoms with Gasteiger partial charge in [0.25, 0.3) is 0 Å². The number of hydrogen-bond donors (Lipinski definition) is 4. The monoisotopic (exact) mass is 417 g/mol. The standard InChI is InChI=1S/C18H16BrN3O2S/c19-8-4-18-5-11(25-10(18)3-9(8)23)22-16-13(18)14-12-7(1-2-20-14)6-21-15(12)17(16)24/h3-4,6,9,11,14,20-23H,1-2,5H2/t9-,11+,14?,18+/m0/s1. The van der Waals surface area contributed by atoms with Gasteiger partial charge in [0.1, 0.15) is 6.10 Å². The first kappa shape index (κ1) is 14.8. The highest BCUT2D eigenvalue weighted by molar-refractivity contribution is 9.11. The van der Waals surface area contributed by atoms with E-state index in [0.717, 1.165) is 51.3 Å². The first-order valence-electron chi connectivity index (χ1n) is 8.53. The van der Waals surface area contributed by atoms with Gasteiger partial charge in [-0.2, -0.15) is 0 Å². The largest absolute Gasteiger partial charge is 0.384 e. The minimum atomic E-state index is -0.603. The molecule has 5 aliphatic rings. The number of halogens is 1. The molecule has 1 aromatic heterocycles. The number of aromatic amines is 1. The molecule has 4 atom stereocenters. The molecule has 5 nitrogen and oxygen atoms in total. The summed E-state index contributed by atoms with van der Waals surface area (Å²) in [5.74, 6) is 0.0674. The minimum absolute atomic E-state index is 0.0417. The van der Waals surface area contributed by atoms with Crippen molar-refractivity contribution in [2.75, 3.05) is 6.54 Å². The van der Waals surface area contributed by atoms with Gasteiger partial charge in [-0.05, 0) is 30.1 Å². The lowest BCUT2D eigenvalue weighted by atomic mass is 9.65. The number of nitrogens with one attached hydrogen (secondary N) is 3. The first-order chi connectivity index (χ1) is 12.1. The highest BCUT2D eigenvalue weighted by atomic mass is 79.9. The summed E-state index contributed by atoms with van der Waals surface area (Å²) in [5.41, 5.74) is 4.65. The average Bonchev–Trinajstić information content (AvgIpc) is 3.13. The van der Waals surface area contributed by atoms with Gasteiger partial charge < -0.3 is 20.7 Å². The van der Waals surface area contributed by atoms with Crippen LogP contribution in [0.4, 0.5) is 0 Å². The van der Waals surface area contributed by atoms with E-state index in [2.05, 4.69) is 37.6 Å². The van der Waals surface area contributed by atoms with Crippen molar-refractivity contribution in [1.82, 2.24) is 15.6 Å². The maximum Gasteiger partial charge on any atom is 0.225 e. The van der Waals surface area contributed by atoms with Crippen molar-refractivity contribution < 1.29 is 9.90 Å². The van der Waals surface area contributed by atoms with E-state index in [-0.39, 0.29) is 22.6 Å². The van der Waals surface area contributed by atoms with Crippen molar-refractivity contribution in [3.8, 4) is 0 Å². The molecule has 0 radical (unpaired) electrons. The number of fused-ring (bicyclic) bond motifs is 2.